The van der Waals surface area contributed by atoms with Gasteiger partial charge < -0.3 is 66.0 Å². The van der Waals surface area contributed by atoms with Crippen LogP contribution in [-0.4, -0.2) is 147 Å². The number of fused-ring (bicyclic) bond motifs is 4. The fraction of sp³-hybridized carbons (Fsp3) is 0.356. The van der Waals surface area contributed by atoms with Gasteiger partial charge in [0.25, 0.3) is 5.56 Å². The largest absolute Gasteiger partial charge is 0.507 e. The number of methoxy groups -OCH3 is 1. The normalized spacial score (nSPS) is 20.3. The lowest BCUT2D eigenvalue weighted by Gasteiger charge is -2.42. The predicted molar refractivity (Wildman–Crippen MR) is 309 cm³/mol. The predicted octanol–water partition coefficient (Wildman–Crippen LogP) is 4.45. The molecule has 1 saturated heterocycles. The zero-order chi connectivity index (χ0) is 62.6. The number of hydrogen-bond donors (Lipinski definition) is 10. The Morgan fingerprint density at radius 3 is 2.37 bits per heavy atom. The first-order chi connectivity index (χ1) is 41.4. The molecule has 2 aromatic heterocycles. The Balaban J connectivity index is 0.759. The number of amides is 2. The molecule has 2 aliphatic carbocycles. The molecule has 11 N–H and O–H groups in total. The van der Waals surface area contributed by atoms with Gasteiger partial charge in [-0.15, -0.1) is 0 Å². The summed E-state index contributed by atoms with van der Waals surface area (Å²) >= 11 is 0. The first-order valence-corrected chi connectivity index (χ1v) is 29.6. The number of carboxylic acids is 2. The van der Waals surface area contributed by atoms with Crippen LogP contribution in [0.15, 0.2) is 82.6 Å². The number of aromatic amines is 1. The average molecular weight is 1230 g/mol. The van der Waals surface area contributed by atoms with Crippen molar-refractivity contribution in [2.75, 3.05) is 18.6 Å². The van der Waals surface area contributed by atoms with Gasteiger partial charge in [-0.3, -0.25) is 38.5 Å². The number of phenolic OH excluding ortho intramolecular Hbond substituents is 2. The lowest BCUT2D eigenvalue weighted by Crippen LogP contribution is -2.55. The minimum Gasteiger partial charge on any atom is -0.507 e. The molecule has 0 spiro atoms. The number of nitrogens with one attached hydrogen (secondary N) is 3. The van der Waals surface area contributed by atoms with Crippen LogP contribution >= 0.6 is 21.6 Å². The third kappa shape index (κ3) is 13.7. The number of anilines is 1. The van der Waals surface area contributed by atoms with Gasteiger partial charge in [0.05, 0.1) is 59.9 Å². The first-order valence-electron chi connectivity index (χ1n) is 27.2. The van der Waals surface area contributed by atoms with E-state index in [-0.39, 0.29) is 75.9 Å². The number of phenols is 2. The highest BCUT2D eigenvalue weighted by Gasteiger charge is 2.50. The third-order valence-electron chi connectivity index (χ3n) is 15.3. The molecule has 87 heavy (non-hydrogen) atoms. The van der Waals surface area contributed by atoms with Crippen LogP contribution in [-0.2, 0) is 59.3 Å². The second kappa shape index (κ2) is 26.4. The summed E-state index contributed by atoms with van der Waals surface area (Å²) in [5.74, 6) is -9.23. The highest BCUT2D eigenvalue weighted by atomic mass is 33.1. The van der Waals surface area contributed by atoms with E-state index in [0.717, 1.165) is 34.1 Å². The Kier molecular flexibility index (Phi) is 19.1. The molecule has 456 valence electrons. The van der Waals surface area contributed by atoms with E-state index in [1.54, 1.807) is 48.5 Å². The number of ether oxygens (including phenoxy) is 4. The van der Waals surface area contributed by atoms with Crippen LogP contribution in [0.5, 0.6) is 17.2 Å². The van der Waals surface area contributed by atoms with E-state index in [1.807, 2.05) is 0 Å². The third-order valence-corrected chi connectivity index (χ3v) is 17.8. The number of aryl methyl sites for hydroxylation is 2. The fourth-order valence-corrected chi connectivity index (χ4v) is 13.0. The Morgan fingerprint density at radius 2 is 1.66 bits per heavy atom. The quantitative estimate of drug-likeness (QED) is 0.0240. The molecular formula is C59H59N7O19S2. The number of benzene rings is 4. The minimum absolute atomic E-state index is 0.0384. The van der Waals surface area contributed by atoms with Crippen LogP contribution in [0.4, 0.5) is 10.7 Å². The number of alkyl carbamates (subject to hydrolysis) is 1. The van der Waals surface area contributed by atoms with Crippen molar-refractivity contribution in [2.45, 2.75) is 119 Å². The Morgan fingerprint density at radius 1 is 0.920 bits per heavy atom. The summed E-state index contributed by atoms with van der Waals surface area (Å²) in [4.78, 5) is 133. The molecule has 3 aliphatic rings. The van der Waals surface area contributed by atoms with Gasteiger partial charge in [0.1, 0.15) is 41.6 Å². The smallest absolute Gasteiger partial charge is 0.407 e. The number of carbonyl (C=O) groups is 8. The van der Waals surface area contributed by atoms with Gasteiger partial charge >= 0.3 is 18.0 Å². The molecule has 1 fully saturated rings. The maximum Gasteiger partial charge on any atom is 0.407 e. The van der Waals surface area contributed by atoms with Gasteiger partial charge in [0.15, 0.2) is 34.8 Å². The Bertz CT molecular complexity index is 3810. The second-order valence-corrected chi connectivity index (χ2v) is 23.5. The number of H-pyrrole nitrogens is 1. The van der Waals surface area contributed by atoms with Crippen LogP contribution in [0.1, 0.15) is 122 Å². The molecule has 7 unspecified atom stereocenters. The number of aliphatic carboxylic acids is 2. The standard InChI is InChI=1S/C59H59N7O19S2/c1-26-48(70)35(20-42(84-26)85-39-22-59(81,27(2)67)21-34-44(39)52(74)46-45(50(34)72)49(71)33-8-6-9-38(82-3)43(33)51(46)73)64-58(80)83-24-31-7-4-5-10-40(31)87-86-25-36(56(78)79)63-41(69)18-16-30(55(76)77)19-37(68)29-14-11-28(12-15-29)13-17-32-23-61-53-47(62-32)54(75)66-57(60)65-53/h4-12,14-15,23,26,30,35-36,39,42,48,70,72,74,81H,13,16-22,24-25H2,1-3H3,(H,63,69)(H,64,80)(H,76,77)(H,78,79)(H3,60,61,65,66,75)/t26?,30?,35?,36?,39?,42?,48?,59-/m0/s1. The summed E-state index contributed by atoms with van der Waals surface area (Å²) in [6.07, 6.45) is -6.16. The monoisotopic (exact) mass is 1230 g/mol. The maximum absolute atomic E-state index is 14.1. The molecule has 8 atom stereocenters. The van der Waals surface area contributed by atoms with E-state index in [1.165, 1.54) is 38.4 Å². The number of carbonyl (C=O) groups excluding carboxylic acids is 6. The van der Waals surface area contributed by atoms with Crippen molar-refractivity contribution in [1.82, 2.24) is 30.6 Å². The molecule has 26 nitrogen and oxygen atoms in total. The number of nitrogens with zero attached hydrogens (tertiary/aromatic N) is 3. The van der Waals surface area contributed by atoms with E-state index in [4.69, 9.17) is 24.7 Å². The lowest BCUT2D eigenvalue weighted by molar-refractivity contribution is -0.249. The van der Waals surface area contributed by atoms with Gasteiger partial charge in [0.2, 0.25) is 17.6 Å². The van der Waals surface area contributed by atoms with Crippen molar-refractivity contribution >= 4 is 85.8 Å². The number of nitrogen functional groups attached to an aromatic ring is 1. The zero-order valence-corrected chi connectivity index (χ0v) is 48.4. The van der Waals surface area contributed by atoms with Crippen molar-refractivity contribution in [3.05, 3.63) is 139 Å². The number of aliphatic hydroxyl groups excluding tert-OH is 1. The first kappa shape index (κ1) is 62.7. The van der Waals surface area contributed by atoms with E-state index >= 15 is 0 Å². The van der Waals surface area contributed by atoms with Crippen LogP contribution in [0.3, 0.4) is 0 Å². The average Bonchev–Trinajstić information content (AvgIpc) is 0.733. The Hall–Kier alpha value is -8.80. The van der Waals surface area contributed by atoms with Crippen molar-refractivity contribution in [2.24, 2.45) is 5.92 Å². The summed E-state index contributed by atoms with van der Waals surface area (Å²) in [5, 5.41) is 71.4. The molecule has 0 saturated carbocycles. The van der Waals surface area contributed by atoms with Crippen molar-refractivity contribution in [3.8, 4) is 17.2 Å². The van der Waals surface area contributed by atoms with E-state index in [2.05, 4.69) is 30.6 Å². The number of aromatic nitrogens is 4. The summed E-state index contributed by atoms with van der Waals surface area (Å²) in [6.45, 7) is 2.29. The molecule has 6 aromatic rings. The molecule has 9 rings (SSSR count). The molecule has 28 heteroatoms. The number of Topliss-reactive ketones (excluding diaryl/α,β-unsaturated/α-hetero) is 2. The molecule has 0 radical (unpaired) electrons. The summed E-state index contributed by atoms with van der Waals surface area (Å²) in [6, 6.07) is 15.0. The number of rotatable bonds is 23. The van der Waals surface area contributed by atoms with Crippen LogP contribution in [0.25, 0.3) is 11.2 Å². The van der Waals surface area contributed by atoms with Crippen molar-refractivity contribution < 1.29 is 87.9 Å². The fourth-order valence-electron chi connectivity index (χ4n) is 10.6. The molecule has 1 aliphatic heterocycles. The number of carboxylic acid groups (broad SMARTS) is 2. The second-order valence-electron chi connectivity index (χ2n) is 21.1. The number of aliphatic hydroxyl groups is 2. The molecule has 4 aromatic carbocycles. The highest BCUT2D eigenvalue weighted by Crippen LogP contribution is 2.53. The zero-order valence-electron chi connectivity index (χ0n) is 46.8. The van der Waals surface area contributed by atoms with E-state index in [0.29, 0.717) is 29.0 Å². The van der Waals surface area contributed by atoms with Crippen molar-refractivity contribution in [1.29, 1.82) is 0 Å². The molecule has 3 heterocycles. The van der Waals surface area contributed by atoms with Gasteiger partial charge in [0, 0.05) is 70.6 Å². The molecular weight excluding hydrogens is 1170 g/mol. The lowest BCUT2D eigenvalue weighted by atomic mass is 9.72. The number of nitrogens with two attached hydrogens (primary N) is 1. The Labute approximate surface area is 502 Å². The summed E-state index contributed by atoms with van der Waals surface area (Å²) in [5.41, 5.74) is 3.38. The number of hydrogen-bond acceptors (Lipinski definition) is 23. The van der Waals surface area contributed by atoms with Crippen molar-refractivity contribution in [3.63, 3.8) is 0 Å². The topological polar surface area (TPSA) is 416 Å². The van der Waals surface area contributed by atoms with E-state index < -0.39 is 149 Å². The van der Waals surface area contributed by atoms with Crippen LogP contribution in [0, 0.1) is 5.92 Å². The maximum atomic E-state index is 14.1. The van der Waals surface area contributed by atoms with Gasteiger partial charge in [-0.2, -0.15) is 4.98 Å². The van der Waals surface area contributed by atoms with E-state index in [9.17, 15) is 73.8 Å². The molecule has 0 bridgehead atoms. The minimum atomic E-state index is -2.19. The number of ketones is 4. The number of aromatic hydroxyl groups is 2. The summed E-state index contributed by atoms with van der Waals surface area (Å²) < 4.78 is 23.2. The van der Waals surface area contributed by atoms with Gasteiger partial charge in [-0.1, -0.05) is 76.2 Å². The van der Waals surface area contributed by atoms with Gasteiger partial charge in [-0.05, 0) is 50.8 Å². The molecule has 2 amide bonds. The van der Waals surface area contributed by atoms with Crippen LogP contribution in [0.2, 0.25) is 0 Å². The van der Waals surface area contributed by atoms with Gasteiger partial charge in [-0.25, -0.2) is 19.6 Å². The van der Waals surface area contributed by atoms with Crippen LogP contribution < -0.4 is 26.7 Å². The highest BCUT2D eigenvalue weighted by molar-refractivity contribution is 8.76. The SMILES string of the molecule is COc1cccc2c1C(=O)c1c(O)c3c(c(O)c1C2=O)C[C@@](O)(C(C)=O)CC3OC1CC(NC(=O)OCc2ccccc2SSCC(NC(=O)CCC(CC(=O)c2ccc(CCc3cnc4nc(N)[nH]c(=O)c4n3)cc2)C(=O)O)C(=O)O)C(O)C(C)O1. The summed E-state index contributed by atoms with van der Waals surface area (Å²) in [7, 11) is 3.48.